The number of amides is 2. The summed E-state index contributed by atoms with van der Waals surface area (Å²) < 4.78 is 0. The molecule has 2 aliphatic heterocycles. The van der Waals surface area contributed by atoms with Crippen LogP contribution in [-0.2, 0) is 22.6 Å². The molecule has 2 N–H and O–H groups in total. The molecule has 2 heterocycles. The zero-order chi connectivity index (χ0) is 27.4. The Balaban J connectivity index is 1.25. The predicted molar refractivity (Wildman–Crippen MR) is 157 cm³/mol. The molecule has 2 unspecified atom stereocenters. The Morgan fingerprint density at radius 3 is 2.41 bits per heavy atom. The zero-order valence-electron chi connectivity index (χ0n) is 23.4. The van der Waals surface area contributed by atoms with Gasteiger partial charge in [0.05, 0.1) is 0 Å². The van der Waals surface area contributed by atoms with Crippen LogP contribution in [0.25, 0.3) is 0 Å². The average Bonchev–Trinajstić information content (AvgIpc) is 3.57. The molecule has 1 saturated heterocycles. The lowest BCUT2D eigenvalue weighted by Gasteiger charge is -2.47. The molecule has 0 spiro atoms. The molecule has 2 amide bonds. The van der Waals surface area contributed by atoms with Crippen LogP contribution in [-0.4, -0.2) is 59.4 Å². The Hall–Kier alpha value is -2.41. The van der Waals surface area contributed by atoms with E-state index in [0.717, 1.165) is 25.2 Å². The molecular formula is C32H43ClN4O2. The molecule has 2 fully saturated rings. The van der Waals surface area contributed by atoms with Gasteiger partial charge in [0.2, 0.25) is 11.8 Å². The number of fused-ring (bicyclic) bond motifs is 1. The maximum atomic E-state index is 13.9. The number of piperazine rings is 1. The van der Waals surface area contributed by atoms with E-state index in [2.05, 4.69) is 41.5 Å². The SMILES string of the molecule is CC(C)CC1(N2CCN(C(=O)C(Cc3ccc(Cl)cc3)NC(=O)CC3NCc4ccccc43)CC2)CCCC1. The van der Waals surface area contributed by atoms with E-state index < -0.39 is 6.04 Å². The molecule has 7 heteroatoms. The van der Waals surface area contributed by atoms with Crippen molar-refractivity contribution in [3.05, 3.63) is 70.2 Å². The number of hydrogen-bond donors (Lipinski definition) is 2. The van der Waals surface area contributed by atoms with Crippen molar-refractivity contribution in [2.75, 3.05) is 26.2 Å². The van der Waals surface area contributed by atoms with Crippen molar-refractivity contribution in [1.29, 1.82) is 0 Å². The molecule has 0 aromatic heterocycles. The standard InChI is InChI=1S/C32H43ClN4O2/c1-23(2)21-32(13-5-6-14-32)37-17-15-36(16-18-37)31(39)29(19-24-9-11-26(33)12-10-24)35-30(38)20-28-27-8-4-3-7-25(27)22-34-28/h3-4,7-12,23,28-29,34H,5-6,13-22H2,1-2H3,(H,35,38). The highest BCUT2D eigenvalue weighted by atomic mass is 35.5. The van der Waals surface area contributed by atoms with Gasteiger partial charge in [0.15, 0.2) is 0 Å². The van der Waals surface area contributed by atoms with Crippen LogP contribution in [0.3, 0.4) is 0 Å². The first-order valence-corrected chi connectivity index (χ1v) is 15.1. The summed E-state index contributed by atoms with van der Waals surface area (Å²) in [7, 11) is 0. The van der Waals surface area contributed by atoms with Gasteiger partial charge in [-0.3, -0.25) is 14.5 Å². The van der Waals surface area contributed by atoms with Gasteiger partial charge in [-0.05, 0) is 54.0 Å². The van der Waals surface area contributed by atoms with Gasteiger partial charge in [0.25, 0.3) is 0 Å². The van der Waals surface area contributed by atoms with E-state index in [1.165, 1.54) is 43.2 Å². The van der Waals surface area contributed by atoms with Crippen LogP contribution in [0.15, 0.2) is 48.5 Å². The first kappa shape index (κ1) is 28.1. The molecule has 39 heavy (non-hydrogen) atoms. The van der Waals surface area contributed by atoms with Crippen molar-refractivity contribution in [2.45, 2.75) is 83.0 Å². The van der Waals surface area contributed by atoms with Gasteiger partial charge in [-0.2, -0.15) is 0 Å². The lowest BCUT2D eigenvalue weighted by molar-refractivity contribution is -0.139. The Labute approximate surface area is 238 Å². The van der Waals surface area contributed by atoms with Gasteiger partial charge in [-0.15, -0.1) is 0 Å². The third kappa shape index (κ3) is 6.67. The lowest BCUT2D eigenvalue weighted by Crippen LogP contribution is -2.60. The minimum Gasteiger partial charge on any atom is -0.344 e. The van der Waals surface area contributed by atoms with E-state index >= 15 is 0 Å². The van der Waals surface area contributed by atoms with E-state index in [0.29, 0.717) is 42.4 Å². The normalized spacial score (nSPS) is 21.6. The molecule has 0 radical (unpaired) electrons. The van der Waals surface area contributed by atoms with Crippen LogP contribution >= 0.6 is 11.6 Å². The fourth-order valence-corrected chi connectivity index (χ4v) is 7.25. The maximum Gasteiger partial charge on any atom is 0.245 e. The van der Waals surface area contributed by atoms with Crippen LogP contribution in [0.5, 0.6) is 0 Å². The molecule has 1 aliphatic carbocycles. The second-order valence-electron chi connectivity index (χ2n) is 12.1. The number of benzene rings is 2. The fourth-order valence-electron chi connectivity index (χ4n) is 7.12. The first-order valence-electron chi connectivity index (χ1n) is 14.7. The number of hydrogen-bond acceptors (Lipinski definition) is 4. The third-order valence-electron chi connectivity index (χ3n) is 8.93. The van der Waals surface area contributed by atoms with Crippen LogP contribution in [0.4, 0.5) is 0 Å². The Morgan fingerprint density at radius 1 is 1.03 bits per heavy atom. The molecule has 210 valence electrons. The smallest absolute Gasteiger partial charge is 0.245 e. The summed E-state index contributed by atoms with van der Waals surface area (Å²) in [6.45, 7) is 8.65. The summed E-state index contributed by atoms with van der Waals surface area (Å²) in [6.07, 6.45) is 7.15. The number of nitrogens with zero attached hydrogens (tertiary/aromatic N) is 2. The van der Waals surface area contributed by atoms with E-state index in [9.17, 15) is 9.59 Å². The van der Waals surface area contributed by atoms with Crippen LogP contribution < -0.4 is 10.6 Å². The second kappa shape index (κ2) is 12.4. The molecule has 2 atom stereocenters. The van der Waals surface area contributed by atoms with Gasteiger partial charge >= 0.3 is 0 Å². The van der Waals surface area contributed by atoms with E-state index in [-0.39, 0.29) is 17.9 Å². The highest BCUT2D eigenvalue weighted by Crippen LogP contribution is 2.40. The molecule has 0 bridgehead atoms. The van der Waals surface area contributed by atoms with Crippen molar-refractivity contribution in [2.24, 2.45) is 5.92 Å². The quantitative estimate of drug-likeness (QED) is 0.456. The van der Waals surface area contributed by atoms with E-state index in [1.54, 1.807) is 0 Å². The Kier molecular flexibility index (Phi) is 8.95. The summed E-state index contributed by atoms with van der Waals surface area (Å²) in [5.74, 6) is 0.585. The molecule has 5 rings (SSSR count). The minimum atomic E-state index is -0.599. The lowest BCUT2D eigenvalue weighted by atomic mass is 9.85. The monoisotopic (exact) mass is 550 g/mol. The summed E-state index contributed by atoms with van der Waals surface area (Å²) in [6, 6.07) is 15.2. The number of halogens is 1. The van der Waals surface area contributed by atoms with Crippen LogP contribution in [0.2, 0.25) is 5.02 Å². The predicted octanol–water partition coefficient (Wildman–Crippen LogP) is 5.11. The maximum absolute atomic E-state index is 13.9. The topological polar surface area (TPSA) is 64.7 Å². The molecular weight excluding hydrogens is 508 g/mol. The van der Waals surface area contributed by atoms with Crippen LogP contribution in [0, 0.1) is 5.92 Å². The van der Waals surface area contributed by atoms with Gasteiger partial charge in [0, 0.05) is 62.2 Å². The van der Waals surface area contributed by atoms with Crippen molar-refractivity contribution in [3.63, 3.8) is 0 Å². The highest BCUT2D eigenvalue weighted by Gasteiger charge is 2.42. The second-order valence-corrected chi connectivity index (χ2v) is 12.6. The van der Waals surface area contributed by atoms with Crippen molar-refractivity contribution in [1.82, 2.24) is 20.4 Å². The number of rotatable bonds is 9. The molecule has 6 nitrogen and oxygen atoms in total. The first-order chi connectivity index (χ1) is 18.8. The van der Waals surface area contributed by atoms with Gasteiger partial charge in [-0.1, -0.05) is 74.7 Å². The molecule has 1 saturated carbocycles. The van der Waals surface area contributed by atoms with Crippen molar-refractivity contribution < 1.29 is 9.59 Å². The highest BCUT2D eigenvalue weighted by molar-refractivity contribution is 6.30. The van der Waals surface area contributed by atoms with Crippen LogP contribution in [0.1, 0.15) is 75.1 Å². The van der Waals surface area contributed by atoms with E-state index in [1.807, 2.05) is 41.3 Å². The summed E-state index contributed by atoms with van der Waals surface area (Å²) in [5, 5.41) is 7.23. The Morgan fingerprint density at radius 2 is 1.72 bits per heavy atom. The third-order valence-corrected chi connectivity index (χ3v) is 9.18. The number of carbonyl (C=O) groups excluding carboxylic acids is 2. The largest absolute Gasteiger partial charge is 0.344 e. The van der Waals surface area contributed by atoms with E-state index in [4.69, 9.17) is 11.6 Å². The summed E-state index contributed by atoms with van der Waals surface area (Å²) >= 11 is 6.11. The molecule has 2 aromatic carbocycles. The minimum absolute atomic E-state index is 0.0158. The van der Waals surface area contributed by atoms with Gasteiger partial charge in [0.1, 0.15) is 6.04 Å². The summed E-state index contributed by atoms with van der Waals surface area (Å²) in [4.78, 5) is 31.8. The molecule has 2 aromatic rings. The zero-order valence-corrected chi connectivity index (χ0v) is 24.2. The van der Waals surface area contributed by atoms with Crippen molar-refractivity contribution >= 4 is 23.4 Å². The van der Waals surface area contributed by atoms with Gasteiger partial charge in [-0.25, -0.2) is 0 Å². The Bertz CT molecular complexity index is 1140. The average molecular weight is 551 g/mol. The number of nitrogens with one attached hydrogen (secondary N) is 2. The number of carbonyl (C=O) groups is 2. The van der Waals surface area contributed by atoms with Gasteiger partial charge < -0.3 is 15.5 Å². The molecule has 3 aliphatic rings. The fraction of sp³-hybridized carbons (Fsp3) is 0.562. The summed E-state index contributed by atoms with van der Waals surface area (Å²) in [5.41, 5.74) is 3.69. The van der Waals surface area contributed by atoms with Crippen molar-refractivity contribution in [3.8, 4) is 0 Å².